The second-order valence-corrected chi connectivity index (χ2v) is 18.6. The molecule has 1 aliphatic heterocycles. The van der Waals surface area contributed by atoms with Crippen molar-refractivity contribution >= 4 is 55.6 Å². The first kappa shape index (κ1) is 35.4. The normalized spacial score (nSPS) is 14.4. The Morgan fingerprint density at radius 2 is 0.934 bits per heavy atom. The summed E-state index contributed by atoms with van der Waals surface area (Å²) in [6, 6.07) is 78.8. The highest BCUT2D eigenvalue weighted by Gasteiger charge is 2.41. The van der Waals surface area contributed by atoms with Crippen LogP contribution >= 0.6 is 7.14 Å². The van der Waals surface area contributed by atoms with Gasteiger partial charge in [-0.25, -0.2) is 4.98 Å². The van der Waals surface area contributed by atoms with Gasteiger partial charge in [-0.05, 0) is 74.2 Å². The van der Waals surface area contributed by atoms with Crippen LogP contribution in [0.25, 0.3) is 94.2 Å². The van der Waals surface area contributed by atoms with E-state index in [4.69, 9.17) is 4.98 Å². The molecule has 11 aromatic rings. The maximum atomic E-state index is 15.9. The van der Waals surface area contributed by atoms with E-state index in [-0.39, 0.29) is 0 Å². The van der Waals surface area contributed by atoms with Gasteiger partial charge in [0, 0.05) is 37.6 Å². The van der Waals surface area contributed by atoms with Crippen LogP contribution < -0.4 is 15.9 Å². The van der Waals surface area contributed by atoms with Gasteiger partial charge in [0.15, 0.2) is 7.14 Å². The topological polar surface area (TPSA) is 34.9 Å². The molecule has 0 saturated heterocycles. The zero-order chi connectivity index (χ0) is 40.5. The molecule has 0 bridgehead atoms. The predicted octanol–water partition coefficient (Wildman–Crippen LogP) is 13.6. The Kier molecular flexibility index (Phi) is 8.13. The van der Waals surface area contributed by atoms with Gasteiger partial charge in [0.1, 0.15) is 5.82 Å². The van der Waals surface area contributed by atoms with E-state index >= 15 is 4.57 Å². The molecule has 2 aromatic heterocycles. The summed E-state index contributed by atoms with van der Waals surface area (Å²) in [4.78, 5) is 5.57. The summed E-state index contributed by atoms with van der Waals surface area (Å²) in [7, 11) is -3.22. The van der Waals surface area contributed by atoms with Crippen LogP contribution in [0.5, 0.6) is 0 Å². The van der Waals surface area contributed by atoms with E-state index < -0.39 is 7.14 Å². The number of fused-ring (bicyclic) bond motifs is 8. The molecule has 286 valence electrons. The molecule has 0 amide bonds. The fraction of sp³-hybridized carbons (Fsp3) is 0. The third-order valence-electron chi connectivity index (χ3n) is 12.4. The fourth-order valence-corrected chi connectivity index (χ4v) is 12.5. The minimum atomic E-state index is -3.22. The average molecular weight is 797 g/mol. The smallest absolute Gasteiger partial charge is 0.172 e. The number of nitrogens with zero attached hydrogens (tertiary/aromatic N) is 2. The second kappa shape index (κ2) is 14.0. The lowest BCUT2D eigenvalue weighted by molar-refractivity contribution is 0.593. The molecular weight excluding hydrogens is 760 g/mol. The van der Waals surface area contributed by atoms with E-state index in [1.807, 2.05) is 42.5 Å². The molecule has 0 radical (unpaired) electrons. The molecule has 9 aromatic carbocycles. The molecule has 0 N–H and O–H groups in total. The second-order valence-electron chi connectivity index (χ2n) is 15.9. The largest absolute Gasteiger partial charge is 0.309 e. The summed E-state index contributed by atoms with van der Waals surface area (Å²) in [6.45, 7) is 0. The van der Waals surface area contributed by atoms with Gasteiger partial charge >= 0.3 is 0 Å². The monoisotopic (exact) mass is 796 g/mol. The lowest BCUT2D eigenvalue weighted by atomic mass is 9.98. The van der Waals surface area contributed by atoms with Gasteiger partial charge in [-0.3, -0.25) is 4.57 Å². The van der Waals surface area contributed by atoms with Crippen LogP contribution in [-0.4, -0.2) is 9.55 Å². The Hall–Kier alpha value is -7.58. The van der Waals surface area contributed by atoms with E-state index in [9.17, 15) is 0 Å². The van der Waals surface area contributed by atoms with E-state index in [0.29, 0.717) is 0 Å². The molecule has 4 heteroatoms. The van der Waals surface area contributed by atoms with E-state index in [1.165, 1.54) is 16.7 Å². The van der Waals surface area contributed by atoms with Crippen LogP contribution in [-0.2, 0) is 4.57 Å². The summed E-state index contributed by atoms with van der Waals surface area (Å²) in [6.07, 6.45) is 0. The van der Waals surface area contributed by atoms with Crippen molar-refractivity contribution in [3.05, 3.63) is 224 Å². The van der Waals surface area contributed by atoms with Gasteiger partial charge in [0.25, 0.3) is 0 Å². The van der Waals surface area contributed by atoms with Gasteiger partial charge in [-0.15, -0.1) is 0 Å². The molecule has 12 rings (SSSR count). The number of aromatic nitrogens is 2. The highest BCUT2D eigenvalue weighted by Crippen LogP contribution is 2.54. The Labute approximate surface area is 354 Å². The average Bonchev–Trinajstić information content (AvgIpc) is 3.81. The molecule has 3 heterocycles. The van der Waals surface area contributed by atoms with Crippen molar-refractivity contribution in [2.75, 3.05) is 0 Å². The molecule has 0 saturated carbocycles. The molecule has 61 heavy (non-hydrogen) atoms. The van der Waals surface area contributed by atoms with Crippen molar-refractivity contribution in [1.29, 1.82) is 0 Å². The number of hydrogen-bond donors (Lipinski definition) is 0. The summed E-state index contributed by atoms with van der Waals surface area (Å²) in [5.41, 5.74) is 12.9. The highest BCUT2D eigenvalue weighted by atomic mass is 31.2. The zero-order valence-electron chi connectivity index (χ0n) is 33.1. The maximum Gasteiger partial charge on any atom is 0.172 e. The minimum absolute atomic E-state index is 0.799. The summed E-state index contributed by atoms with van der Waals surface area (Å²) >= 11 is 0. The molecule has 0 aliphatic carbocycles. The standard InChI is InChI=1S/C57H37N2OP/c60-61(46-19-8-3-9-20-46)54-23-13-12-22-48(54)51-36-50-49-33-32-43-18-10-11-21-47(43)57(49)59(53(50)37-55(51)61)56-35-45(42-26-24-40(25-27-42)38-14-4-1-5-15-38)34-52(58-56)44-30-28-41(29-31-44)39-16-6-2-7-17-39/h1-37H. The number of hydrogen-bond acceptors (Lipinski definition) is 2. The van der Waals surface area contributed by atoms with Crippen LogP contribution in [0.4, 0.5) is 0 Å². The minimum Gasteiger partial charge on any atom is -0.309 e. The van der Waals surface area contributed by atoms with Crippen molar-refractivity contribution in [3.8, 4) is 61.6 Å². The van der Waals surface area contributed by atoms with Crippen LogP contribution in [0.2, 0.25) is 0 Å². The quantitative estimate of drug-likeness (QED) is 0.157. The van der Waals surface area contributed by atoms with Crippen molar-refractivity contribution < 1.29 is 4.57 Å². The lowest BCUT2D eigenvalue weighted by Gasteiger charge is -2.17. The first-order valence-electron chi connectivity index (χ1n) is 20.7. The third kappa shape index (κ3) is 5.66. The van der Waals surface area contributed by atoms with Gasteiger partial charge < -0.3 is 4.57 Å². The van der Waals surface area contributed by atoms with Crippen molar-refractivity contribution in [3.63, 3.8) is 0 Å². The van der Waals surface area contributed by atoms with Crippen molar-refractivity contribution in [2.24, 2.45) is 0 Å². The van der Waals surface area contributed by atoms with E-state index in [0.717, 1.165) is 93.4 Å². The van der Waals surface area contributed by atoms with E-state index in [2.05, 4.69) is 187 Å². The Bertz CT molecular complexity index is 3420. The number of benzene rings is 9. The maximum absolute atomic E-state index is 15.9. The first-order valence-corrected chi connectivity index (χ1v) is 22.4. The molecule has 1 unspecified atom stereocenters. The molecule has 1 aliphatic rings. The SMILES string of the molecule is O=P1(c2ccccc2)c2ccccc2-c2cc3c4ccc5ccccc5c4n(-c4cc(-c5ccc(-c6ccccc6)cc5)cc(-c5ccc(-c6ccccc6)cc5)n4)c3cc21. The summed E-state index contributed by atoms with van der Waals surface area (Å²) in [5, 5.41) is 7.12. The summed E-state index contributed by atoms with van der Waals surface area (Å²) < 4.78 is 18.2. The third-order valence-corrected chi connectivity index (χ3v) is 15.6. The lowest BCUT2D eigenvalue weighted by Crippen LogP contribution is -2.20. The number of pyridine rings is 1. The van der Waals surface area contributed by atoms with Crippen LogP contribution in [0.3, 0.4) is 0 Å². The zero-order valence-corrected chi connectivity index (χ0v) is 34.0. The van der Waals surface area contributed by atoms with Crippen molar-refractivity contribution in [2.45, 2.75) is 0 Å². The van der Waals surface area contributed by atoms with Crippen molar-refractivity contribution in [1.82, 2.24) is 9.55 Å². The van der Waals surface area contributed by atoms with Crippen LogP contribution in [0.1, 0.15) is 0 Å². The predicted molar refractivity (Wildman–Crippen MR) is 256 cm³/mol. The highest BCUT2D eigenvalue weighted by molar-refractivity contribution is 7.86. The van der Waals surface area contributed by atoms with Crippen LogP contribution in [0, 0.1) is 0 Å². The Morgan fingerprint density at radius 3 is 1.62 bits per heavy atom. The Balaban J connectivity index is 1.14. The fourth-order valence-electron chi connectivity index (χ4n) is 9.44. The van der Waals surface area contributed by atoms with Gasteiger partial charge in [0.2, 0.25) is 0 Å². The molecule has 1 atom stereocenters. The van der Waals surface area contributed by atoms with Gasteiger partial charge in [-0.1, -0.05) is 200 Å². The Morgan fingerprint density at radius 1 is 0.377 bits per heavy atom. The summed E-state index contributed by atoms with van der Waals surface area (Å²) in [5.74, 6) is 0.799. The van der Waals surface area contributed by atoms with Gasteiger partial charge in [0.05, 0.1) is 16.7 Å². The molecular formula is C57H37N2OP. The molecule has 0 spiro atoms. The molecule has 0 fully saturated rings. The first-order chi connectivity index (χ1) is 30.1. The molecule has 3 nitrogen and oxygen atoms in total. The number of rotatable bonds is 6. The van der Waals surface area contributed by atoms with Crippen LogP contribution in [0.15, 0.2) is 224 Å². The van der Waals surface area contributed by atoms with Gasteiger partial charge in [-0.2, -0.15) is 0 Å². The van der Waals surface area contributed by atoms with E-state index in [1.54, 1.807) is 0 Å².